The summed E-state index contributed by atoms with van der Waals surface area (Å²) in [6, 6.07) is 0. The zero-order valence-electron chi connectivity index (χ0n) is 9.61. The second-order valence-corrected chi connectivity index (χ2v) is 7.26. The second-order valence-electron chi connectivity index (χ2n) is 5.41. The Balaban J connectivity index is 1.84. The van der Waals surface area contributed by atoms with Crippen molar-refractivity contribution in [2.75, 3.05) is 18.9 Å². The Hall–Kier alpha value is -0.130. The largest absolute Gasteiger partial charge is 0.396 e. The van der Waals surface area contributed by atoms with E-state index in [1.54, 1.807) is 0 Å². The minimum Gasteiger partial charge on any atom is -0.396 e. The molecule has 0 spiro atoms. The molecule has 0 heterocycles. The van der Waals surface area contributed by atoms with E-state index in [2.05, 4.69) is 4.72 Å². The highest BCUT2D eigenvalue weighted by Crippen LogP contribution is 2.37. The van der Waals surface area contributed by atoms with Crippen LogP contribution in [0.4, 0.5) is 0 Å². The maximum absolute atomic E-state index is 11.7. The maximum atomic E-state index is 11.7. The molecule has 0 amide bonds. The third kappa shape index (κ3) is 3.18. The second kappa shape index (κ2) is 4.63. The Labute approximate surface area is 97.5 Å². The molecule has 2 rings (SSSR count). The summed E-state index contributed by atoms with van der Waals surface area (Å²) < 4.78 is 26.1. The Morgan fingerprint density at radius 1 is 1.25 bits per heavy atom. The lowest BCUT2D eigenvalue weighted by Gasteiger charge is -2.26. The molecule has 16 heavy (non-hydrogen) atoms. The molecule has 0 aromatic carbocycles. The molecule has 94 valence electrons. The molecule has 0 unspecified atom stereocenters. The summed E-state index contributed by atoms with van der Waals surface area (Å²) >= 11 is 0. The minimum atomic E-state index is -3.12. The van der Waals surface area contributed by atoms with Crippen molar-refractivity contribution in [2.24, 2.45) is 11.3 Å². The minimum absolute atomic E-state index is 0.0962. The highest BCUT2D eigenvalue weighted by molar-refractivity contribution is 7.89. The molecule has 0 saturated heterocycles. The van der Waals surface area contributed by atoms with Crippen LogP contribution < -0.4 is 4.72 Å². The predicted molar refractivity (Wildman–Crippen MR) is 62.5 cm³/mol. The maximum Gasteiger partial charge on any atom is 0.211 e. The van der Waals surface area contributed by atoms with E-state index in [0.29, 0.717) is 12.5 Å². The van der Waals surface area contributed by atoms with Crippen molar-refractivity contribution in [3.05, 3.63) is 0 Å². The number of nitrogens with one attached hydrogen (secondary N) is 1. The molecular formula is C11H21NO3S. The van der Waals surface area contributed by atoms with Gasteiger partial charge in [-0.1, -0.05) is 12.8 Å². The van der Waals surface area contributed by atoms with Crippen LogP contribution >= 0.6 is 0 Å². The number of hydrogen-bond donors (Lipinski definition) is 2. The van der Waals surface area contributed by atoms with Crippen LogP contribution in [0.3, 0.4) is 0 Å². The molecule has 0 aromatic heterocycles. The Bertz CT molecular complexity index is 329. The van der Waals surface area contributed by atoms with E-state index < -0.39 is 10.0 Å². The van der Waals surface area contributed by atoms with Crippen LogP contribution in [-0.4, -0.2) is 32.4 Å². The van der Waals surface area contributed by atoms with Crippen LogP contribution in [0.25, 0.3) is 0 Å². The monoisotopic (exact) mass is 247 g/mol. The van der Waals surface area contributed by atoms with Gasteiger partial charge in [0.05, 0.1) is 5.75 Å². The molecule has 0 bridgehead atoms. The number of aliphatic hydroxyl groups excluding tert-OH is 1. The molecule has 2 N–H and O–H groups in total. The lowest BCUT2D eigenvalue weighted by atomic mass is 9.88. The van der Waals surface area contributed by atoms with Gasteiger partial charge < -0.3 is 5.11 Å². The highest BCUT2D eigenvalue weighted by Gasteiger charge is 2.35. The van der Waals surface area contributed by atoms with Gasteiger partial charge in [-0.3, -0.25) is 0 Å². The molecular weight excluding hydrogens is 226 g/mol. The summed E-state index contributed by atoms with van der Waals surface area (Å²) in [6.45, 7) is 0.511. The van der Waals surface area contributed by atoms with Crippen molar-refractivity contribution in [3.63, 3.8) is 0 Å². The van der Waals surface area contributed by atoms with Crippen molar-refractivity contribution < 1.29 is 13.5 Å². The van der Waals surface area contributed by atoms with Gasteiger partial charge in [-0.2, -0.15) is 0 Å². The van der Waals surface area contributed by atoms with E-state index in [0.717, 1.165) is 38.5 Å². The summed E-state index contributed by atoms with van der Waals surface area (Å²) in [6.07, 6.45) is 6.18. The topological polar surface area (TPSA) is 66.4 Å². The molecule has 2 aliphatic rings. The van der Waals surface area contributed by atoms with Crippen LogP contribution in [-0.2, 0) is 10.0 Å². The van der Waals surface area contributed by atoms with Gasteiger partial charge >= 0.3 is 0 Å². The van der Waals surface area contributed by atoms with Gasteiger partial charge in [0.2, 0.25) is 10.0 Å². The molecule has 2 saturated carbocycles. The summed E-state index contributed by atoms with van der Waals surface area (Å²) in [7, 11) is -3.12. The van der Waals surface area contributed by atoms with E-state index in [4.69, 9.17) is 0 Å². The number of sulfonamides is 1. The third-order valence-corrected chi connectivity index (χ3v) is 5.31. The summed E-state index contributed by atoms with van der Waals surface area (Å²) in [5, 5.41) is 9.37. The number of rotatable bonds is 6. The van der Waals surface area contributed by atoms with Gasteiger partial charge in [0, 0.05) is 18.6 Å². The first-order chi connectivity index (χ1) is 7.55. The Morgan fingerprint density at radius 3 is 2.38 bits per heavy atom. The summed E-state index contributed by atoms with van der Waals surface area (Å²) in [4.78, 5) is 0. The van der Waals surface area contributed by atoms with Gasteiger partial charge in [-0.05, 0) is 31.6 Å². The molecule has 0 aromatic rings. The van der Waals surface area contributed by atoms with Gasteiger partial charge in [-0.15, -0.1) is 0 Å². The zero-order chi connectivity index (χ0) is 11.6. The van der Waals surface area contributed by atoms with Crippen LogP contribution in [0.15, 0.2) is 0 Å². The van der Waals surface area contributed by atoms with Crippen LogP contribution in [0.1, 0.15) is 38.5 Å². The first-order valence-corrected chi connectivity index (χ1v) is 7.79. The molecule has 0 aliphatic heterocycles. The van der Waals surface area contributed by atoms with Crippen molar-refractivity contribution >= 4 is 10.0 Å². The molecule has 2 aliphatic carbocycles. The molecule has 5 heteroatoms. The van der Waals surface area contributed by atoms with Crippen LogP contribution in [0.2, 0.25) is 0 Å². The normalized spacial score (nSPS) is 24.8. The van der Waals surface area contributed by atoms with E-state index in [1.165, 1.54) is 0 Å². The van der Waals surface area contributed by atoms with Crippen molar-refractivity contribution in [1.82, 2.24) is 4.72 Å². The van der Waals surface area contributed by atoms with Crippen LogP contribution in [0, 0.1) is 11.3 Å². The van der Waals surface area contributed by atoms with Crippen molar-refractivity contribution in [2.45, 2.75) is 38.5 Å². The summed E-state index contributed by atoms with van der Waals surface area (Å²) in [5.41, 5.74) is -0.184. The fourth-order valence-electron chi connectivity index (χ4n) is 2.43. The SMILES string of the molecule is O=S(=O)(CC1CC1)NCC1(CO)CCCC1. The van der Waals surface area contributed by atoms with Crippen molar-refractivity contribution in [1.29, 1.82) is 0 Å². The Kier molecular flexibility index (Phi) is 3.56. The van der Waals surface area contributed by atoms with E-state index in [-0.39, 0.29) is 17.8 Å². The number of hydrogen-bond acceptors (Lipinski definition) is 3. The Morgan fingerprint density at radius 2 is 1.88 bits per heavy atom. The zero-order valence-corrected chi connectivity index (χ0v) is 10.4. The smallest absolute Gasteiger partial charge is 0.211 e. The van der Waals surface area contributed by atoms with Gasteiger partial charge in [-0.25, -0.2) is 13.1 Å². The van der Waals surface area contributed by atoms with Gasteiger partial charge in [0.25, 0.3) is 0 Å². The van der Waals surface area contributed by atoms with E-state index in [9.17, 15) is 13.5 Å². The fraction of sp³-hybridized carbons (Fsp3) is 1.00. The lowest BCUT2D eigenvalue weighted by Crippen LogP contribution is -2.39. The quantitative estimate of drug-likeness (QED) is 0.732. The lowest BCUT2D eigenvalue weighted by molar-refractivity contribution is 0.134. The average molecular weight is 247 g/mol. The molecule has 4 nitrogen and oxygen atoms in total. The first-order valence-electron chi connectivity index (χ1n) is 6.13. The predicted octanol–water partition coefficient (Wildman–Crippen LogP) is 0.868. The molecule has 0 radical (unpaired) electrons. The van der Waals surface area contributed by atoms with E-state index in [1.807, 2.05) is 0 Å². The molecule has 0 atom stereocenters. The van der Waals surface area contributed by atoms with Gasteiger partial charge in [0.1, 0.15) is 0 Å². The third-order valence-electron chi connectivity index (χ3n) is 3.82. The van der Waals surface area contributed by atoms with Gasteiger partial charge in [0.15, 0.2) is 0 Å². The van der Waals surface area contributed by atoms with Crippen LogP contribution in [0.5, 0.6) is 0 Å². The molecule has 2 fully saturated rings. The fourth-order valence-corrected chi connectivity index (χ4v) is 4.03. The summed E-state index contributed by atoms with van der Waals surface area (Å²) in [5.74, 6) is 0.653. The standard InChI is InChI=1S/C11H21NO3S/c13-9-11(5-1-2-6-11)8-12-16(14,15)7-10-3-4-10/h10,12-13H,1-9H2. The van der Waals surface area contributed by atoms with E-state index >= 15 is 0 Å². The average Bonchev–Trinajstić information content (AvgIpc) is 2.92. The first kappa shape index (κ1) is 12.3. The van der Waals surface area contributed by atoms with Crippen molar-refractivity contribution in [3.8, 4) is 0 Å². The highest BCUT2D eigenvalue weighted by atomic mass is 32.2. The number of aliphatic hydroxyl groups is 1.